The van der Waals surface area contributed by atoms with Crippen molar-refractivity contribution < 1.29 is 4.79 Å². The quantitative estimate of drug-likeness (QED) is 0.566. The van der Waals surface area contributed by atoms with E-state index in [1.165, 1.54) is 16.4 Å². The van der Waals surface area contributed by atoms with Crippen LogP contribution in [-0.4, -0.2) is 17.8 Å². The largest absolute Gasteiger partial charge is 0.317 e. The molecule has 0 aliphatic heterocycles. The normalized spacial score (nSPS) is 9.00. The Kier molecular flexibility index (Phi) is 1.79. The zero-order chi connectivity index (χ0) is 6.69. The van der Waals surface area contributed by atoms with E-state index >= 15 is 0 Å². The van der Waals surface area contributed by atoms with Crippen LogP contribution in [0.25, 0.3) is 0 Å². The lowest BCUT2D eigenvalue weighted by Gasteiger charge is -2.01. The summed E-state index contributed by atoms with van der Waals surface area (Å²) in [6, 6.07) is 1.76. The van der Waals surface area contributed by atoms with E-state index in [2.05, 4.69) is 4.37 Å². The third-order valence-electron chi connectivity index (χ3n) is 0.905. The van der Waals surface area contributed by atoms with Gasteiger partial charge in [-0.2, -0.15) is 4.37 Å². The van der Waals surface area contributed by atoms with Gasteiger partial charge in [0.2, 0.25) is 0 Å². The Labute approximate surface area is 57.1 Å². The molecule has 1 amide bonds. The van der Waals surface area contributed by atoms with Crippen LogP contribution >= 0.6 is 11.5 Å². The number of aromatic nitrogens is 1. The molecule has 0 unspecified atom stereocenters. The smallest absolute Gasteiger partial charge is 0.291 e. The number of hydrogen-bond acceptors (Lipinski definition) is 3. The molecule has 3 nitrogen and oxygen atoms in total. The summed E-state index contributed by atoms with van der Waals surface area (Å²) >= 11 is 1.31. The van der Waals surface area contributed by atoms with Crippen molar-refractivity contribution in [3.8, 4) is 0 Å². The zero-order valence-electron chi connectivity index (χ0n) is 4.87. The highest BCUT2D eigenvalue weighted by molar-refractivity contribution is 7.03. The van der Waals surface area contributed by atoms with Gasteiger partial charge in [0.15, 0.2) is 0 Å². The highest BCUT2D eigenvalue weighted by Crippen LogP contribution is 2.08. The van der Waals surface area contributed by atoms with Crippen molar-refractivity contribution in [1.82, 2.24) is 4.37 Å². The second kappa shape index (κ2) is 2.59. The zero-order valence-corrected chi connectivity index (χ0v) is 5.68. The number of hydrogen-bond donors (Lipinski definition) is 0. The monoisotopic (exact) mass is 141 g/mol. The molecule has 0 aromatic carbocycles. The van der Waals surface area contributed by atoms with Crippen molar-refractivity contribution in [2.45, 2.75) is 0 Å². The maximum Gasteiger partial charge on any atom is 0.317 e. The number of rotatable bonds is 2. The average Bonchev–Trinajstić information content (AvgIpc) is 2.37. The first-order chi connectivity index (χ1) is 4.34. The second-order valence-corrected chi connectivity index (χ2v) is 2.17. The Morgan fingerprint density at radius 3 is 3.11 bits per heavy atom. The number of nitrogens with zero attached hydrogens (tertiary/aromatic N) is 2. The van der Waals surface area contributed by atoms with Gasteiger partial charge in [-0.3, -0.25) is 9.69 Å². The molecular formula is C5H5N2OS. The molecular weight excluding hydrogens is 136 g/mol. The Morgan fingerprint density at radius 1 is 1.89 bits per heavy atom. The molecule has 0 spiro atoms. The highest BCUT2D eigenvalue weighted by atomic mass is 32.1. The summed E-state index contributed by atoms with van der Waals surface area (Å²) in [4.78, 5) is 11.3. The van der Waals surface area contributed by atoms with Gasteiger partial charge in [0, 0.05) is 12.4 Å². The predicted molar refractivity (Wildman–Crippen MR) is 36.2 cm³/mol. The van der Waals surface area contributed by atoms with Crippen LogP contribution in [-0.2, 0) is 4.79 Å². The molecule has 0 saturated heterocycles. The summed E-state index contributed by atoms with van der Waals surface area (Å²) in [5, 5.41) is 1.81. The molecule has 9 heavy (non-hydrogen) atoms. The Bertz CT molecular complexity index is 185. The minimum atomic E-state index is 0.648. The molecule has 1 aromatic heterocycles. The summed E-state index contributed by atoms with van der Waals surface area (Å²) in [6.07, 6.45) is 1.69. The van der Waals surface area contributed by atoms with Gasteiger partial charge >= 0.3 is 6.41 Å². The molecule has 0 N–H and O–H groups in total. The van der Waals surface area contributed by atoms with Crippen LogP contribution in [0.3, 0.4) is 0 Å². The summed E-state index contributed by atoms with van der Waals surface area (Å²) in [7, 11) is 1.61. The van der Waals surface area contributed by atoms with E-state index in [4.69, 9.17) is 0 Å². The van der Waals surface area contributed by atoms with Crippen molar-refractivity contribution in [3.05, 3.63) is 11.4 Å². The molecule has 0 saturated carbocycles. The van der Waals surface area contributed by atoms with Crippen LogP contribution in [0.2, 0.25) is 0 Å². The van der Waals surface area contributed by atoms with Crippen LogP contribution in [0.15, 0.2) is 11.4 Å². The van der Waals surface area contributed by atoms with Crippen LogP contribution < -0.4 is 4.90 Å². The van der Waals surface area contributed by atoms with E-state index in [0.717, 1.165) is 0 Å². The predicted octanol–water partition coefficient (Wildman–Crippen LogP) is 0.647. The molecule has 47 valence electrons. The van der Waals surface area contributed by atoms with E-state index < -0.39 is 0 Å². The molecule has 0 fully saturated rings. The third kappa shape index (κ3) is 1.26. The van der Waals surface area contributed by atoms with Crippen molar-refractivity contribution in [2.24, 2.45) is 0 Å². The minimum Gasteiger partial charge on any atom is -0.291 e. The van der Waals surface area contributed by atoms with Gasteiger partial charge in [0.05, 0.1) is 0 Å². The first-order valence-corrected chi connectivity index (χ1v) is 3.20. The van der Waals surface area contributed by atoms with Crippen LogP contribution in [0, 0.1) is 0 Å². The van der Waals surface area contributed by atoms with E-state index in [0.29, 0.717) is 5.82 Å². The number of anilines is 1. The van der Waals surface area contributed by atoms with Gasteiger partial charge in [-0.1, -0.05) is 0 Å². The topological polar surface area (TPSA) is 33.2 Å². The van der Waals surface area contributed by atoms with Crippen LogP contribution in [0.5, 0.6) is 0 Å². The summed E-state index contributed by atoms with van der Waals surface area (Å²) < 4.78 is 3.89. The van der Waals surface area contributed by atoms with E-state index in [1.54, 1.807) is 19.5 Å². The Hall–Kier alpha value is -0.900. The third-order valence-corrected chi connectivity index (χ3v) is 1.46. The van der Waals surface area contributed by atoms with Crippen molar-refractivity contribution in [3.63, 3.8) is 0 Å². The summed E-state index contributed by atoms with van der Waals surface area (Å²) in [6.45, 7) is 0. The van der Waals surface area contributed by atoms with E-state index in [9.17, 15) is 4.79 Å². The molecule has 1 heterocycles. The highest BCUT2D eigenvalue weighted by Gasteiger charge is 1.98. The second-order valence-electron chi connectivity index (χ2n) is 1.51. The lowest BCUT2D eigenvalue weighted by Crippen LogP contribution is -2.13. The van der Waals surface area contributed by atoms with Gasteiger partial charge in [-0.05, 0) is 17.6 Å². The van der Waals surface area contributed by atoms with Gasteiger partial charge in [-0.25, -0.2) is 0 Å². The first kappa shape index (κ1) is 6.22. The fraction of sp³-hybridized carbons (Fsp3) is 0.200. The number of amides is 1. The standard InChI is InChI=1S/C5H5N2OS/c1-7(4-8)5-2-3-9-6-5/h2-3H,1H3. The number of carbonyl (C=O) groups excluding carboxylic acids is 1. The van der Waals surface area contributed by atoms with Crippen molar-refractivity contribution >= 4 is 23.8 Å². The lowest BCUT2D eigenvalue weighted by molar-refractivity contribution is 0.554. The Balaban J connectivity index is 2.76. The Morgan fingerprint density at radius 2 is 2.67 bits per heavy atom. The molecule has 1 radical (unpaired) electrons. The maximum atomic E-state index is 9.97. The molecule has 0 aliphatic rings. The van der Waals surface area contributed by atoms with Crippen molar-refractivity contribution in [2.75, 3.05) is 11.9 Å². The average molecular weight is 141 g/mol. The lowest BCUT2D eigenvalue weighted by atomic mass is 10.6. The van der Waals surface area contributed by atoms with E-state index in [-0.39, 0.29) is 0 Å². The van der Waals surface area contributed by atoms with Crippen molar-refractivity contribution in [1.29, 1.82) is 0 Å². The first-order valence-electron chi connectivity index (χ1n) is 2.36. The molecule has 1 aromatic rings. The van der Waals surface area contributed by atoms with Gasteiger partial charge in [0.25, 0.3) is 0 Å². The van der Waals surface area contributed by atoms with Gasteiger partial charge < -0.3 is 0 Å². The van der Waals surface area contributed by atoms with Crippen LogP contribution in [0.1, 0.15) is 0 Å². The van der Waals surface area contributed by atoms with Gasteiger partial charge in [-0.15, -0.1) is 0 Å². The summed E-state index contributed by atoms with van der Waals surface area (Å²) in [5.41, 5.74) is 0. The molecule has 1 rings (SSSR count). The van der Waals surface area contributed by atoms with Crippen LogP contribution in [0.4, 0.5) is 5.82 Å². The fourth-order valence-corrected chi connectivity index (χ4v) is 0.961. The molecule has 4 heteroatoms. The van der Waals surface area contributed by atoms with Gasteiger partial charge in [0.1, 0.15) is 5.82 Å². The van der Waals surface area contributed by atoms with E-state index in [1.807, 2.05) is 5.38 Å². The molecule has 0 aliphatic carbocycles. The molecule has 0 atom stereocenters. The maximum absolute atomic E-state index is 9.97. The minimum absolute atomic E-state index is 0.648. The summed E-state index contributed by atoms with van der Waals surface area (Å²) in [5.74, 6) is 0.648. The fourth-order valence-electron chi connectivity index (χ4n) is 0.426. The SMILES string of the molecule is CN([C]=O)c1ccsn1. The molecule has 0 bridgehead atoms.